The number of nitrogens with two attached hydrogens (primary N) is 1. The van der Waals surface area contributed by atoms with E-state index in [1.165, 1.54) is 19.1 Å². The lowest BCUT2D eigenvalue weighted by atomic mass is 10.1. The first-order valence-corrected chi connectivity index (χ1v) is 7.90. The van der Waals surface area contributed by atoms with Gasteiger partial charge >= 0.3 is 6.18 Å². The highest BCUT2D eigenvalue weighted by Crippen LogP contribution is 2.34. The Balaban J connectivity index is 1.90. The molecule has 3 N–H and O–H groups in total. The van der Waals surface area contributed by atoms with E-state index in [9.17, 15) is 18.0 Å². The second kappa shape index (κ2) is 8.93. The summed E-state index contributed by atoms with van der Waals surface area (Å²) in [5, 5.41) is 5.73. The van der Waals surface area contributed by atoms with E-state index in [-0.39, 0.29) is 18.1 Å². The van der Waals surface area contributed by atoms with Crippen molar-refractivity contribution in [2.75, 3.05) is 11.9 Å². The molecule has 9 heteroatoms. The number of nitrogens with zero attached hydrogens (tertiary/aromatic N) is 1. The fourth-order valence-corrected chi connectivity index (χ4v) is 1.97. The van der Waals surface area contributed by atoms with Crippen molar-refractivity contribution in [3.8, 4) is 5.75 Å². The molecule has 0 radical (unpaired) electrons. The lowest BCUT2D eigenvalue weighted by molar-refractivity contribution is -0.137. The van der Waals surface area contributed by atoms with Crippen LogP contribution < -0.4 is 15.8 Å². The van der Waals surface area contributed by atoms with Crippen LogP contribution in [-0.4, -0.2) is 24.5 Å². The number of para-hydroxylation sites is 2. The summed E-state index contributed by atoms with van der Waals surface area (Å²) in [4.78, 5) is 17.0. The Hall–Kier alpha value is -3.23. The molecule has 0 aromatic heterocycles. The van der Waals surface area contributed by atoms with Gasteiger partial charge in [0, 0.05) is 0 Å². The van der Waals surface area contributed by atoms with Gasteiger partial charge in [-0.25, -0.2) is 0 Å². The Morgan fingerprint density at radius 1 is 1.15 bits per heavy atom. The molecule has 0 fully saturated rings. The third-order valence-electron chi connectivity index (χ3n) is 3.32. The van der Waals surface area contributed by atoms with Gasteiger partial charge in [0.25, 0.3) is 5.91 Å². The van der Waals surface area contributed by atoms with Gasteiger partial charge in [0.2, 0.25) is 6.10 Å². The molecular weight excluding hydrogens is 363 g/mol. The summed E-state index contributed by atoms with van der Waals surface area (Å²) < 4.78 is 44.2. The summed E-state index contributed by atoms with van der Waals surface area (Å²) in [5.41, 5.74) is 4.30. The number of halogens is 3. The number of rotatable bonds is 7. The van der Waals surface area contributed by atoms with Crippen LogP contribution in [0.25, 0.3) is 0 Å². The second-order valence-corrected chi connectivity index (χ2v) is 5.46. The highest BCUT2D eigenvalue weighted by Gasteiger charge is 2.34. The Labute approximate surface area is 153 Å². The van der Waals surface area contributed by atoms with Gasteiger partial charge in [0.1, 0.15) is 12.4 Å². The van der Waals surface area contributed by atoms with Crippen LogP contribution in [0.1, 0.15) is 12.5 Å². The number of anilines is 1. The van der Waals surface area contributed by atoms with Crippen LogP contribution >= 0.6 is 0 Å². The minimum atomic E-state index is -4.59. The van der Waals surface area contributed by atoms with Gasteiger partial charge in [-0.1, -0.05) is 35.5 Å². The summed E-state index contributed by atoms with van der Waals surface area (Å²) >= 11 is 0. The summed E-state index contributed by atoms with van der Waals surface area (Å²) in [7, 11) is 0. The fraction of sp³-hybridized carbons (Fsp3) is 0.222. The normalized spacial score (nSPS) is 13.0. The maximum Gasteiger partial charge on any atom is 0.418 e. The molecular formula is C18H18F3N3O3. The molecule has 1 amide bonds. The summed E-state index contributed by atoms with van der Waals surface area (Å²) in [6.45, 7) is 1.26. The fourth-order valence-electron chi connectivity index (χ4n) is 1.97. The Kier molecular flexibility index (Phi) is 6.64. The van der Waals surface area contributed by atoms with Gasteiger partial charge in [0.15, 0.2) is 5.84 Å². The molecule has 0 bridgehead atoms. The number of hydrogen-bond donors (Lipinski definition) is 2. The van der Waals surface area contributed by atoms with Crippen LogP contribution in [0.3, 0.4) is 0 Å². The molecule has 1 unspecified atom stereocenters. The van der Waals surface area contributed by atoms with Gasteiger partial charge in [-0.3, -0.25) is 4.79 Å². The number of carbonyl (C=O) groups is 1. The van der Waals surface area contributed by atoms with Gasteiger partial charge in [0.05, 0.1) is 11.3 Å². The molecule has 2 rings (SSSR count). The number of oxime groups is 1. The number of ether oxygens (including phenoxy) is 1. The van der Waals surface area contributed by atoms with Crippen molar-refractivity contribution in [2.45, 2.75) is 19.2 Å². The predicted octanol–water partition coefficient (Wildman–Crippen LogP) is 3.40. The number of amidine groups is 1. The van der Waals surface area contributed by atoms with Gasteiger partial charge < -0.3 is 20.6 Å². The third-order valence-corrected chi connectivity index (χ3v) is 3.32. The second-order valence-electron chi connectivity index (χ2n) is 5.46. The summed E-state index contributed by atoms with van der Waals surface area (Å²) in [5.74, 6) is -0.258. The number of carbonyl (C=O) groups excluding carboxylic acids is 1. The predicted molar refractivity (Wildman–Crippen MR) is 94.2 cm³/mol. The van der Waals surface area contributed by atoms with Crippen molar-refractivity contribution < 1.29 is 27.5 Å². The number of nitrogens with one attached hydrogen (secondary N) is 1. The zero-order chi connectivity index (χ0) is 19.9. The molecule has 2 aromatic carbocycles. The molecule has 27 heavy (non-hydrogen) atoms. The molecule has 0 aliphatic carbocycles. The van der Waals surface area contributed by atoms with E-state index < -0.39 is 23.8 Å². The number of alkyl halides is 3. The topological polar surface area (TPSA) is 85.9 Å². The van der Waals surface area contributed by atoms with Crippen molar-refractivity contribution >= 4 is 17.4 Å². The van der Waals surface area contributed by atoms with Gasteiger partial charge in [-0.15, -0.1) is 0 Å². The smallest absolute Gasteiger partial charge is 0.418 e. The Bertz CT molecular complexity index is 795. The lowest BCUT2D eigenvalue weighted by Gasteiger charge is -2.15. The van der Waals surface area contributed by atoms with E-state index in [0.717, 1.165) is 12.1 Å². The molecule has 0 saturated heterocycles. The Morgan fingerprint density at radius 3 is 2.44 bits per heavy atom. The average Bonchev–Trinajstić information content (AvgIpc) is 2.64. The highest BCUT2D eigenvalue weighted by atomic mass is 19.4. The third kappa shape index (κ3) is 6.21. The molecule has 2 aromatic rings. The van der Waals surface area contributed by atoms with Crippen molar-refractivity contribution in [3.63, 3.8) is 0 Å². The van der Waals surface area contributed by atoms with Crippen LogP contribution in [0.2, 0.25) is 0 Å². The first-order valence-electron chi connectivity index (χ1n) is 7.90. The van der Waals surface area contributed by atoms with Crippen molar-refractivity contribution in [2.24, 2.45) is 10.9 Å². The average molecular weight is 381 g/mol. The van der Waals surface area contributed by atoms with Crippen LogP contribution in [0, 0.1) is 0 Å². The van der Waals surface area contributed by atoms with Gasteiger partial charge in [-0.05, 0) is 31.2 Å². The number of amides is 1. The van der Waals surface area contributed by atoms with E-state index in [2.05, 4.69) is 10.5 Å². The van der Waals surface area contributed by atoms with E-state index in [0.29, 0.717) is 5.75 Å². The number of benzene rings is 2. The van der Waals surface area contributed by atoms with Crippen molar-refractivity contribution in [3.05, 3.63) is 60.2 Å². The van der Waals surface area contributed by atoms with Crippen LogP contribution in [0.4, 0.5) is 18.9 Å². The van der Waals surface area contributed by atoms with E-state index in [1.54, 1.807) is 24.3 Å². The summed E-state index contributed by atoms with van der Waals surface area (Å²) in [6, 6.07) is 13.5. The molecule has 0 saturated carbocycles. The first-order chi connectivity index (χ1) is 12.8. The molecule has 144 valence electrons. The largest absolute Gasteiger partial charge is 0.486 e. The zero-order valence-electron chi connectivity index (χ0n) is 14.4. The maximum atomic E-state index is 12.9. The molecule has 0 aliphatic rings. The van der Waals surface area contributed by atoms with Crippen LogP contribution in [0.5, 0.6) is 5.75 Å². The quantitative estimate of drug-likeness (QED) is 0.437. The SMILES string of the molecule is CC(ON=C(N)COc1ccccc1)C(=O)Nc1ccccc1C(F)(F)F. The highest BCUT2D eigenvalue weighted by molar-refractivity contribution is 5.94. The minimum Gasteiger partial charge on any atom is -0.486 e. The van der Waals surface area contributed by atoms with Gasteiger partial charge in [-0.2, -0.15) is 13.2 Å². The van der Waals surface area contributed by atoms with E-state index in [4.69, 9.17) is 15.3 Å². The van der Waals surface area contributed by atoms with Crippen molar-refractivity contribution in [1.29, 1.82) is 0 Å². The monoisotopic (exact) mass is 381 g/mol. The van der Waals surface area contributed by atoms with Crippen molar-refractivity contribution in [1.82, 2.24) is 0 Å². The first kappa shape index (κ1) is 20.1. The summed E-state index contributed by atoms with van der Waals surface area (Å²) in [6.07, 6.45) is -5.76. The Morgan fingerprint density at radius 2 is 1.78 bits per heavy atom. The standard InChI is InChI=1S/C18H18F3N3O3/c1-12(27-24-16(22)11-26-13-7-3-2-4-8-13)17(25)23-15-10-6-5-9-14(15)18(19,20)21/h2-10,12H,11H2,1H3,(H2,22,24)(H,23,25). The zero-order valence-corrected chi connectivity index (χ0v) is 14.4. The maximum absolute atomic E-state index is 12.9. The molecule has 1 atom stereocenters. The van der Waals surface area contributed by atoms with E-state index >= 15 is 0 Å². The molecule has 0 heterocycles. The van der Waals surface area contributed by atoms with E-state index in [1.807, 2.05) is 6.07 Å². The van der Waals surface area contributed by atoms with Crippen LogP contribution in [0.15, 0.2) is 59.8 Å². The van der Waals surface area contributed by atoms with Crippen LogP contribution in [-0.2, 0) is 15.8 Å². The lowest BCUT2D eigenvalue weighted by Crippen LogP contribution is -2.29. The molecule has 0 aliphatic heterocycles. The minimum absolute atomic E-state index is 0.0332. The molecule has 6 nitrogen and oxygen atoms in total. The number of hydrogen-bond acceptors (Lipinski definition) is 4. The molecule has 0 spiro atoms.